The molecule has 1 saturated heterocycles. The van der Waals surface area contributed by atoms with Gasteiger partial charge in [-0.1, -0.05) is 6.07 Å². The second-order valence-corrected chi connectivity index (χ2v) is 7.68. The molecule has 1 fully saturated rings. The Morgan fingerprint density at radius 3 is 2.83 bits per heavy atom. The number of hydrogen-bond donors (Lipinski definition) is 1. The number of nitrogens with one attached hydrogen (secondary N) is 1. The van der Waals surface area contributed by atoms with Gasteiger partial charge in [0.05, 0.1) is 23.1 Å². The minimum Gasteiger partial charge on any atom is -0.345 e. The average Bonchev–Trinajstić information content (AvgIpc) is 3.27. The van der Waals surface area contributed by atoms with Crippen LogP contribution in [0.15, 0.2) is 67.0 Å². The van der Waals surface area contributed by atoms with Crippen molar-refractivity contribution in [2.45, 2.75) is 18.8 Å². The summed E-state index contributed by atoms with van der Waals surface area (Å²) in [7, 11) is 0. The van der Waals surface area contributed by atoms with Gasteiger partial charge in [0.2, 0.25) is 0 Å². The Bertz CT molecular complexity index is 1200. The summed E-state index contributed by atoms with van der Waals surface area (Å²) in [6.45, 7) is 1.38. The number of H-pyrrole nitrogens is 1. The molecule has 1 aliphatic heterocycles. The highest BCUT2D eigenvalue weighted by atomic mass is 19.1. The third-order valence-corrected chi connectivity index (χ3v) is 5.70. The lowest BCUT2D eigenvalue weighted by Gasteiger charge is -2.32. The molecule has 0 aliphatic carbocycles. The minimum atomic E-state index is -0.260. The lowest BCUT2D eigenvalue weighted by Crippen LogP contribution is -2.39. The number of piperidine rings is 1. The number of aromatic nitrogens is 3. The van der Waals surface area contributed by atoms with Gasteiger partial charge in [-0.15, -0.1) is 0 Å². The lowest BCUT2D eigenvalue weighted by atomic mass is 9.93. The number of hydrogen-bond acceptors (Lipinski definition) is 3. The van der Waals surface area contributed by atoms with Crippen LogP contribution in [0.4, 0.5) is 4.39 Å². The van der Waals surface area contributed by atoms with Crippen molar-refractivity contribution in [2.24, 2.45) is 0 Å². The van der Waals surface area contributed by atoms with Crippen molar-refractivity contribution < 1.29 is 9.18 Å². The number of amides is 1. The molecule has 4 aromatic rings. The molecule has 3 heterocycles. The molecule has 2 aromatic carbocycles. The van der Waals surface area contributed by atoms with Crippen molar-refractivity contribution in [2.75, 3.05) is 13.1 Å². The Morgan fingerprint density at radius 2 is 1.97 bits per heavy atom. The van der Waals surface area contributed by atoms with E-state index in [9.17, 15) is 9.18 Å². The molecule has 0 saturated carbocycles. The molecule has 1 N–H and O–H groups in total. The molecule has 30 heavy (non-hydrogen) atoms. The molecule has 0 radical (unpaired) electrons. The quantitative estimate of drug-likeness (QED) is 0.538. The highest BCUT2D eigenvalue weighted by Crippen LogP contribution is 2.29. The van der Waals surface area contributed by atoms with Crippen LogP contribution in [0.25, 0.3) is 22.3 Å². The zero-order valence-corrected chi connectivity index (χ0v) is 16.4. The van der Waals surface area contributed by atoms with Gasteiger partial charge in [-0.3, -0.25) is 9.78 Å². The fourth-order valence-corrected chi connectivity index (χ4v) is 4.11. The average molecular weight is 400 g/mol. The smallest absolute Gasteiger partial charge is 0.253 e. The van der Waals surface area contributed by atoms with Crippen LogP contribution in [0.1, 0.15) is 34.8 Å². The molecule has 5 rings (SSSR count). The first-order valence-electron chi connectivity index (χ1n) is 10.1. The van der Waals surface area contributed by atoms with Crippen molar-refractivity contribution in [1.29, 1.82) is 0 Å². The number of halogens is 1. The first kappa shape index (κ1) is 18.5. The van der Waals surface area contributed by atoms with Crippen LogP contribution in [0.2, 0.25) is 0 Å². The maximum absolute atomic E-state index is 13.2. The van der Waals surface area contributed by atoms with Crippen molar-refractivity contribution >= 4 is 16.9 Å². The van der Waals surface area contributed by atoms with Gasteiger partial charge >= 0.3 is 0 Å². The van der Waals surface area contributed by atoms with E-state index in [-0.39, 0.29) is 17.6 Å². The fourth-order valence-electron chi connectivity index (χ4n) is 4.11. The summed E-state index contributed by atoms with van der Waals surface area (Å²) in [6, 6.07) is 17.9. The Kier molecular flexibility index (Phi) is 4.75. The van der Waals surface area contributed by atoms with Crippen molar-refractivity contribution in [3.05, 3.63) is 84.1 Å². The number of rotatable bonds is 3. The van der Waals surface area contributed by atoms with Gasteiger partial charge in [0, 0.05) is 35.8 Å². The highest BCUT2D eigenvalue weighted by Gasteiger charge is 2.26. The van der Waals surface area contributed by atoms with Gasteiger partial charge in [0.1, 0.15) is 5.82 Å². The van der Waals surface area contributed by atoms with Crippen molar-refractivity contribution in [1.82, 2.24) is 19.9 Å². The Morgan fingerprint density at radius 1 is 1.10 bits per heavy atom. The number of aromatic amines is 1. The van der Waals surface area contributed by atoms with Crippen LogP contribution in [-0.4, -0.2) is 38.8 Å². The van der Waals surface area contributed by atoms with Crippen LogP contribution in [0.5, 0.6) is 0 Å². The van der Waals surface area contributed by atoms with E-state index in [1.165, 1.54) is 12.1 Å². The van der Waals surface area contributed by atoms with Gasteiger partial charge in [-0.25, -0.2) is 9.37 Å². The van der Waals surface area contributed by atoms with E-state index in [0.717, 1.165) is 47.4 Å². The largest absolute Gasteiger partial charge is 0.345 e. The zero-order chi connectivity index (χ0) is 20.5. The SMILES string of the molecule is O=C(c1ccc2nc[nH]c2c1)N1CCCC(c2cccc(-c3ccc(F)cc3)n2)C1. The van der Waals surface area contributed by atoms with Crippen LogP contribution < -0.4 is 0 Å². The van der Waals surface area contributed by atoms with Crippen LogP contribution in [-0.2, 0) is 0 Å². The van der Waals surface area contributed by atoms with Crippen molar-refractivity contribution in [3.63, 3.8) is 0 Å². The Hall–Kier alpha value is -3.54. The van der Waals surface area contributed by atoms with E-state index in [4.69, 9.17) is 4.98 Å². The zero-order valence-electron chi connectivity index (χ0n) is 16.4. The van der Waals surface area contributed by atoms with Gasteiger partial charge in [0.25, 0.3) is 5.91 Å². The number of likely N-dealkylation sites (tertiary alicyclic amines) is 1. The fraction of sp³-hybridized carbons (Fsp3) is 0.208. The number of imidazole rings is 1. The predicted molar refractivity (Wildman–Crippen MR) is 114 cm³/mol. The second-order valence-electron chi connectivity index (χ2n) is 7.68. The van der Waals surface area contributed by atoms with E-state index < -0.39 is 0 Å². The summed E-state index contributed by atoms with van der Waals surface area (Å²) < 4.78 is 13.2. The summed E-state index contributed by atoms with van der Waals surface area (Å²) in [5.74, 6) is -0.0467. The molecule has 0 spiro atoms. The number of carbonyl (C=O) groups excluding carboxylic acids is 1. The van der Waals surface area contributed by atoms with E-state index in [2.05, 4.69) is 9.97 Å². The highest BCUT2D eigenvalue weighted by molar-refractivity contribution is 5.97. The maximum atomic E-state index is 13.2. The number of fused-ring (bicyclic) bond motifs is 1. The molecule has 1 atom stereocenters. The predicted octanol–water partition coefficient (Wildman–Crippen LogP) is 4.78. The standard InChI is InChI=1S/C24H21FN4O/c25-19-9-6-16(7-10-19)20-4-1-5-21(28-20)18-3-2-12-29(14-18)24(30)17-8-11-22-23(13-17)27-15-26-22/h1,4-11,13,15,18H,2-3,12,14H2,(H,26,27). The number of carbonyl (C=O) groups is 1. The third-order valence-electron chi connectivity index (χ3n) is 5.70. The molecule has 1 aliphatic rings. The maximum Gasteiger partial charge on any atom is 0.253 e. The summed E-state index contributed by atoms with van der Waals surface area (Å²) in [5.41, 5.74) is 5.06. The number of pyridine rings is 1. The number of benzene rings is 2. The minimum absolute atomic E-state index is 0.0332. The van der Waals surface area contributed by atoms with Crippen LogP contribution in [0, 0.1) is 5.82 Å². The van der Waals surface area contributed by atoms with Gasteiger partial charge < -0.3 is 9.88 Å². The summed E-state index contributed by atoms with van der Waals surface area (Å²) >= 11 is 0. The number of nitrogens with zero attached hydrogens (tertiary/aromatic N) is 3. The molecule has 150 valence electrons. The Labute approximate surface area is 173 Å². The Balaban J connectivity index is 1.36. The first-order chi connectivity index (χ1) is 14.7. The first-order valence-corrected chi connectivity index (χ1v) is 10.1. The molecular formula is C24H21FN4O. The third kappa shape index (κ3) is 3.56. The van der Waals surface area contributed by atoms with Crippen molar-refractivity contribution in [3.8, 4) is 11.3 Å². The molecule has 0 bridgehead atoms. The van der Waals surface area contributed by atoms with Gasteiger partial charge in [-0.2, -0.15) is 0 Å². The van der Waals surface area contributed by atoms with Crippen LogP contribution in [0.3, 0.4) is 0 Å². The molecule has 2 aromatic heterocycles. The van der Waals surface area contributed by atoms with E-state index in [0.29, 0.717) is 12.1 Å². The molecule has 6 heteroatoms. The lowest BCUT2D eigenvalue weighted by molar-refractivity contribution is 0.0706. The summed E-state index contributed by atoms with van der Waals surface area (Å²) in [6.07, 6.45) is 3.56. The van der Waals surface area contributed by atoms with E-state index >= 15 is 0 Å². The van der Waals surface area contributed by atoms with E-state index in [1.54, 1.807) is 18.5 Å². The van der Waals surface area contributed by atoms with Gasteiger partial charge in [0.15, 0.2) is 0 Å². The molecule has 1 amide bonds. The normalized spacial score (nSPS) is 16.7. The summed E-state index contributed by atoms with van der Waals surface area (Å²) in [5, 5.41) is 0. The second kappa shape index (κ2) is 7.71. The van der Waals surface area contributed by atoms with E-state index in [1.807, 2.05) is 41.3 Å². The topological polar surface area (TPSA) is 61.9 Å². The molecule has 5 nitrogen and oxygen atoms in total. The molecule has 1 unspecified atom stereocenters. The summed E-state index contributed by atoms with van der Waals surface area (Å²) in [4.78, 5) is 27.1. The van der Waals surface area contributed by atoms with Crippen LogP contribution >= 0.6 is 0 Å². The monoisotopic (exact) mass is 400 g/mol. The van der Waals surface area contributed by atoms with Gasteiger partial charge in [-0.05, 0) is 67.4 Å². The molecular weight excluding hydrogens is 379 g/mol.